The number of aromatic nitrogens is 2. The van der Waals surface area contributed by atoms with Crippen LogP contribution in [-0.4, -0.2) is 9.55 Å². The lowest BCUT2D eigenvalue weighted by Crippen LogP contribution is -1.97. The number of para-hydroxylation sites is 3. The molecular formula is C63H40N2S. The number of fused-ring (bicyclic) bond motifs is 6. The Morgan fingerprint density at radius 3 is 1.48 bits per heavy atom. The summed E-state index contributed by atoms with van der Waals surface area (Å²) in [5.74, 6) is 0.929. The summed E-state index contributed by atoms with van der Waals surface area (Å²) in [5.41, 5.74) is 16.4. The summed E-state index contributed by atoms with van der Waals surface area (Å²) >= 11 is 1.88. The first kappa shape index (κ1) is 38.1. The predicted molar refractivity (Wildman–Crippen MR) is 282 cm³/mol. The second-order valence-corrected chi connectivity index (χ2v) is 18.1. The first-order valence-electron chi connectivity index (χ1n) is 22.5. The van der Waals surface area contributed by atoms with E-state index in [2.05, 4.69) is 247 Å². The molecule has 0 amide bonds. The maximum absolute atomic E-state index is 5.17. The van der Waals surface area contributed by atoms with Crippen molar-refractivity contribution in [2.45, 2.75) is 0 Å². The molecule has 2 nitrogen and oxygen atoms in total. The van der Waals surface area contributed by atoms with Crippen molar-refractivity contribution in [2.75, 3.05) is 0 Å². The number of hydrogen-bond acceptors (Lipinski definition) is 2. The van der Waals surface area contributed by atoms with Gasteiger partial charge in [0.25, 0.3) is 0 Å². The van der Waals surface area contributed by atoms with Crippen molar-refractivity contribution in [3.63, 3.8) is 0 Å². The number of imidazole rings is 1. The number of thiophene rings is 1. The number of hydrogen-bond donors (Lipinski definition) is 0. The van der Waals surface area contributed by atoms with Crippen molar-refractivity contribution in [1.29, 1.82) is 0 Å². The highest BCUT2D eigenvalue weighted by Gasteiger charge is 2.18. The molecule has 0 N–H and O–H groups in total. The van der Waals surface area contributed by atoms with Crippen LogP contribution in [0.1, 0.15) is 0 Å². The number of rotatable bonds is 7. The third-order valence-electron chi connectivity index (χ3n) is 13.2. The summed E-state index contributed by atoms with van der Waals surface area (Å²) in [6.07, 6.45) is 0. The lowest BCUT2D eigenvalue weighted by molar-refractivity contribution is 1.10. The van der Waals surface area contributed by atoms with Crippen LogP contribution in [0.25, 0.3) is 125 Å². The highest BCUT2D eigenvalue weighted by Crippen LogP contribution is 2.45. The Labute approximate surface area is 387 Å². The molecule has 2 heterocycles. The summed E-state index contributed by atoms with van der Waals surface area (Å²) in [6, 6.07) is 88.4. The SMILES string of the molecule is c1ccc(-n2c(-c3ccc(-c4cc(-c5ccc(-c6cccc7ccccc67)cc5)cc5c4sc4ccc(-c6ccc(-c7cccc8ccccc78)cc6)cc45)cc3)nc3ccccc32)cc1. The smallest absolute Gasteiger partial charge is 0.145 e. The molecular weight excluding hydrogens is 817 g/mol. The van der Waals surface area contributed by atoms with Gasteiger partial charge in [-0.3, -0.25) is 4.57 Å². The Hall–Kier alpha value is -8.37. The lowest BCUT2D eigenvalue weighted by Gasteiger charge is -2.12. The van der Waals surface area contributed by atoms with Crippen molar-refractivity contribution in [3.05, 3.63) is 243 Å². The summed E-state index contributed by atoms with van der Waals surface area (Å²) in [6.45, 7) is 0. The van der Waals surface area contributed by atoms with Gasteiger partial charge in [-0.1, -0.05) is 194 Å². The van der Waals surface area contributed by atoms with Gasteiger partial charge in [-0.05, 0) is 120 Å². The molecule has 0 unspecified atom stereocenters. The monoisotopic (exact) mass is 856 g/mol. The van der Waals surface area contributed by atoms with Crippen LogP contribution in [0.5, 0.6) is 0 Å². The van der Waals surface area contributed by atoms with Crippen molar-refractivity contribution < 1.29 is 0 Å². The van der Waals surface area contributed by atoms with E-state index in [9.17, 15) is 0 Å². The maximum atomic E-state index is 5.17. The van der Waals surface area contributed by atoms with Crippen LogP contribution in [0.4, 0.5) is 0 Å². The molecule has 0 spiro atoms. The summed E-state index contributed by atoms with van der Waals surface area (Å²) in [4.78, 5) is 5.17. The van der Waals surface area contributed by atoms with Crippen LogP contribution in [0.15, 0.2) is 243 Å². The van der Waals surface area contributed by atoms with Crippen molar-refractivity contribution in [1.82, 2.24) is 9.55 Å². The van der Waals surface area contributed by atoms with Gasteiger partial charge in [0, 0.05) is 37.0 Å². The molecule has 0 radical (unpaired) electrons. The van der Waals surface area contributed by atoms with Gasteiger partial charge in [0.05, 0.1) is 11.0 Å². The van der Waals surface area contributed by atoms with Crippen molar-refractivity contribution in [3.8, 4) is 72.7 Å². The minimum Gasteiger partial charge on any atom is -0.292 e. The summed E-state index contributed by atoms with van der Waals surface area (Å²) in [7, 11) is 0. The molecule has 2 aromatic heterocycles. The molecule has 0 atom stereocenters. The van der Waals surface area contributed by atoms with Gasteiger partial charge in [0.2, 0.25) is 0 Å². The second kappa shape index (κ2) is 15.7. The molecule has 3 heteroatoms. The van der Waals surface area contributed by atoms with Crippen molar-refractivity contribution >= 4 is 64.1 Å². The fourth-order valence-corrected chi connectivity index (χ4v) is 11.1. The first-order chi connectivity index (χ1) is 32.7. The molecule has 11 aromatic carbocycles. The fourth-order valence-electron chi connectivity index (χ4n) is 9.93. The number of nitrogens with zero attached hydrogens (tertiary/aromatic N) is 2. The zero-order valence-corrected chi connectivity index (χ0v) is 36.7. The van der Waals surface area contributed by atoms with E-state index in [1.54, 1.807) is 0 Å². The molecule has 13 rings (SSSR count). The minimum atomic E-state index is 0.929. The van der Waals surface area contributed by atoms with E-state index in [0.717, 1.165) is 28.1 Å². The largest absolute Gasteiger partial charge is 0.292 e. The van der Waals surface area contributed by atoms with Gasteiger partial charge in [-0.25, -0.2) is 4.98 Å². The van der Waals surface area contributed by atoms with Crippen molar-refractivity contribution in [2.24, 2.45) is 0 Å². The topological polar surface area (TPSA) is 17.8 Å². The third kappa shape index (κ3) is 6.52. The lowest BCUT2D eigenvalue weighted by atomic mass is 9.93. The molecule has 13 aromatic rings. The van der Waals surface area contributed by atoms with Gasteiger partial charge in [0.15, 0.2) is 0 Å². The van der Waals surface area contributed by atoms with Gasteiger partial charge < -0.3 is 0 Å². The van der Waals surface area contributed by atoms with E-state index in [1.807, 2.05) is 11.3 Å². The van der Waals surface area contributed by atoms with Gasteiger partial charge in [-0.2, -0.15) is 0 Å². The average Bonchev–Trinajstić information content (AvgIpc) is 3.97. The van der Waals surface area contributed by atoms with Crippen LogP contribution in [0.3, 0.4) is 0 Å². The third-order valence-corrected chi connectivity index (χ3v) is 14.5. The van der Waals surface area contributed by atoms with E-state index in [-0.39, 0.29) is 0 Å². The standard InChI is InChI=1S/C63H40N2S/c1-2-16-51(17-3-1)65-60-23-9-8-22-59(60)64-63(65)48-34-32-47(33-35-48)56-39-50(42-26-30-46(31-27-42)55-21-11-15-44-13-5-7-19-53(44)55)40-58-57-38-49(36-37-61(57)66-62(56)58)41-24-28-45(29-25-41)54-20-10-14-43-12-4-6-18-52(43)54/h1-40H. The van der Waals surface area contributed by atoms with Gasteiger partial charge >= 0.3 is 0 Å². The average molecular weight is 857 g/mol. The van der Waals surface area contributed by atoms with Crippen LogP contribution < -0.4 is 0 Å². The summed E-state index contributed by atoms with van der Waals surface area (Å²) < 4.78 is 4.83. The zero-order valence-electron chi connectivity index (χ0n) is 35.9. The van der Waals surface area contributed by atoms with Crippen LogP contribution >= 0.6 is 11.3 Å². The van der Waals surface area contributed by atoms with E-state index >= 15 is 0 Å². The number of benzene rings is 11. The molecule has 0 saturated carbocycles. The van der Waals surface area contributed by atoms with Gasteiger partial charge in [0.1, 0.15) is 5.82 Å². The van der Waals surface area contributed by atoms with E-state index in [1.165, 1.54) is 97.4 Å². The second-order valence-electron chi connectivity index (χ2n) is 17.1. The molecule has 0 aliphatic carbocycles. The van der Waals surface area contributed by atoms with E-state index in [0.29, 0.717) is 0 Å². The fraction of sp³-hybridized carbons (Fsp3) is 0. The summed E-state index contributed by atoms with van der Waals surface area (Å²) in [5, 5.41) is 7.59. The zero-order chi connectivity index (χ0) is 43.6. The van der Waals surface area contributed by atoms with Gasteiger partial charge in [-0.15, -0.1) is 11.3 Å². The van der Waals surface area contributed by atoms with E-state index < -0.39 is 0 Å². The highest BCUT2D eigenvalue weighted by atomic mass is 32.1. The molecule has 308 valence electrons. The molecule has 0 bridgehead atoms. The minimum absolute atomic E-state index is 0.929. The molecule has 0 aliphatic heterocycles. The Bertz CT molecular complexity index is 3940. The maximum Gasteiger partial charge on any atom is 0.145 e. The first-order valence-corrected chi connectivity index (χ1v) is 23.3. The quantitative estimate of drug-likeness (QED) is 0.156. The van der Waals surface area contributed by atoms with E-state index in [4.69, 9.17) is 4.98 Å². The van der Waals surface area contributed by atoms with Crippen LogP contribution in [0, 0.1) is 0 Å². The molecule has 0 saturated heterocycles. The predicted octanol–water partition coefficient (Wildman–Crippen LogP) is 17.7. The Balaban J connectivity index is 0.936. The Morgan fingerprint density at radius 2 is 0.818 bits per heavy atom. The normalized spacial score (nSPS) is 11.6. The molecule has 0 aliphatic rings. The Morgan fingerprint density at radius 1 is 0.318 bits per heavy atom. The molecule has 66 heavy (non-hydrogen) atoms. The Kier molecular flexibility index (Phi) is 9.07. The van der Waals surface area contributed by atoms with Crippen LogP contribution in [0.2, 0.25) is 0 Å². The highest BCUT2D eigenvalue weighted by molar-refractivity contribution is 7.26. The molecule has 0 fully saturated rings. The van der Waals surface area contributed by atoms with Crippen LogP contribution in [-0.2, 0) is 0 Å².